The van der Waals surface area contributed by atoms with Crippen LogP contribution >= 0.6 is 0 Å². The van der Waals surface area contributed by atoms with Crippen LogP contribution < -0.4 is 5.32 Å². The van der Waals surface area contributed by atoms with Gasteiger partial charge in [-0.05, 0) is 48.4 Å². The van der Waals surface area contributed by atoms with E-state index in [1.165, 1.54) is 5.56 Å². The molecule has 3 rings (SSSR count). The molecule has 0 saturated heterocycles. The topological polar surface area (TPSA) is 70.9 Å². The first-order valence-corrected chi connectivity index (χ1v) is 7.05. The molecular weight excluding hydrogens is 276 g/mol. The van der Waals surface area contributed by atoms with Crippen LogP contribution in [-0.2, 0) is 6.42 Å². The second-order valence-corrected chi connectivity index (χ2v) is 4.87. The monoisotopic (exact) mass is 292 g/mol. The van der Waals surface area contributed by atoms with E-state index in [0.29, 0.717) is 0 Å². The average Bonchev–Trinajstić information content (AvgIpc) is 2.57. The van der Waals surface area contributed by atoms with Crippen LogP contribution in [0.5, 0.6) is 5.75 Å². The lowest BCUT2D eigenvalue weighted by molar-refractivity contribution is 0.475. The third-order valence-corrected chi connectivity index (χ3v) is 3.28. The maximum absolute atomic E-state index is 9.29. The summed E-state index contributed by atoms with van der Waals surface area (Å²) in [6.07, 6.45) is 7.93. The Morgan fingerprint density at radius 2 is 1.68 bits per heavy atom. The minimum atomic E-state index is 0.242. The van der Waals surface area contributed by atoms with Crippen LogP contribution in [-0.4, -0.2) is 26.6 Å². The Kier molecular flexibility index (Phi) is 4.25. The number of benzene rings is 1. The zero-order valence-corrected chi connectivity index (χ0v) is 12.0. The van der Waals surface area contributed by atoms with Crippen LogP contribution in [0.3, 0.4) is 0 Å². The maximum Gasteiger partial charge on any atom is 0.144 e. The van der Waals surface area contributed by atoms with Crippen LogP contribution in [0.25, 0.3) is 11.3 Å². The lowest BCUT2D eigenvalue weighted by atomic mass is 10.1. The lowest BCUT2D eigenvalue weighted by Gasteiger charge is -2.06. The van der Waals surface area contributed by atoms with E-state index in [9.17, 15) is 5.11 Å². The van der Waals surface area contributed by atoms with Gasteiger partial charge in [-0.3, -0.25) is 9.97 Å². The fraction of sp³-hybridized carbons (Fsp3) is 0.118. The summed E-state index contributed by atoms with van der Waals surface area (Å²) in [4.78, 5) is 12.7. The predicted octanol–water partition coefficient (Wildman–Crippen LogP) is 2.90. The van der Waals surface area contributed by atoms with Crippen molar-refractivity contribution >= 4 is 5.82 Å². The molecule has 0 spiro atoms. The Morgan fingerprint density at radius 3 is 2.36 bits per heavy atom. The van der Waals surface area contributed by atoms with Gasteiger partial charge in [0.25, 0.3) is 0 Å². The van der Waals surface area contributed by atoms with Crippen molar-refractivity contribution in [2.45, 2.75) is 6.42 Å². The summed E-state index contributed by atoms with van der Waals surface area (Å²) >= 11 is 0. The number of nitrogens with one attached hydrogen (secondary N) is 1. The van der Waals surface area contributed by atoms with Crippen molar-refractivity contribution in [2.24, 2.45) is 0 Å². The molecule has 0 unspecified atom stereocenters. The first-order valence-electron chi connectivity index (χ1n) is 7.05. The molecule has 1 aromatic carbocycles. The van der Waals surface area contributed by atoms with E-state index in [0.717, 1.165) is 30.0 Å². The molecule has 0 fully saturated rings. The molecule has 0 atom stereocenters. The number of aromatic hydroxyl groups is 1. The molecule has 5 nitrogen and oxygen atoms in total. The van der Waals surface area contributed by atoms with E-state index in [-0.39, 0.29) is 5.75 Å². The van der Waals surface area contributed by atoms with Gasteiger partial charge in [0, 0.05) is 24.5 Å². The highest BCUT2D eigenvalue weighted by Gasteiger charge is 2.01. The van der Waals surface area contributed by atoms with Crippen LogP contribution in [0.4, 0.5) is 5.82 Å². The molecule has 0 aliphatic carbocycles. The molecule has 0 radical (unpaired) electrons. The van der Waals surface area contributed by atoms with Gasteiger partial charge >= 0.3 is 0 Å². The van der Waals surface area contributed by atoms with E-state index in [4.69, 9.17) is 0 Å². The predicted molar refractivity (Wildman–Crippen MR) is 85.6 cm³/mol. The highest BCUT2D eigenvalue weighted by Crippen LogP contribution is 2.19. The van der Waals surface area contributed by atoms with Gasteiger partial charge in [0.2, 0.25) is 0 Å². The SMILES string of the molecule is Oc1ccc(-c2cnc(NCCc3ccncc3)cn2)cc1. The zero-order valence-electron chi connectivity index (χ0n) is 12.0. The minimum Gasteiger partial charge on any atom is -0.508 e. The Balaban J connectivity index is 1.58. The summed E-state index contributed by atoms with van der Waals surface area (Å²) in [5, 5.41) is 12.5. The molecule has 3 aromatic rings. The Morgan fingerprint density at radius 1 is 0.909 bits per heavy atom. The van der Waals surface area contributed by atoms with Gasteiger partial charge in [-0.15, -0.1) is 0 Å². The standard InChI is InChI=1S/C17H16N4O/c22-15-3-1-14(2-4-15)16-11-21-17(12-20-16)19-10-7-13-5-8-18-9-6-13/h1-6,8-9,11-12,22H,7,10H2,(H,19,21). The minimum absolute atomic E-state index is 0.242. The highest BCUT2D eigenvalue weighted by atomic mass is 16.3. The molecule has 5 heteroatoms. The van der Waals surface area contributed by atoms with Crippen molar-refractivity contribution in [2.75, 3.05) is 11.9 Å². The quantitative estimate of drug-likeness (QED) is 0.756. The molecule has 0 bridgehead atoms. The fourth-order valence-corrected chi connectivity index (χ4v) is 2.08. The fourth-order valence-electron chi connectivity index (χ4n) is 2.08. The number of phenols is 1. The van der Waals surface area contributed by atoms with Crippen molar-refractivity contribution in [3.8, 4) is 17.0 Å². The average molecular weight is 292 g/mol. The van der Waals surface area contributed by atoms with Crippen molar-refractivity contribution in [3.63, 3.8) is 0 Å². The van der Waals surface area contributed by atoms with Crippen LogP contribution in [0, 0.1) is 0 Å². The first kappa shape index (κ1) is 14.0. The van der Waals surface area contributed by atoms with Crippen LogP contribution in [0.15, 0.2) is 61.2 Å². The van der Waals surface area contributed by atoms with Gasteiger partial charge in [0.1, 0.15) is 11.6 Å². The van der Waals surface area contributed by atoms with Gasteiger partial charge < -0.3 is 10.4 Å². The van der Waals surface area contributed by atoms with Gasteiger partial charge in [0.15, 0.2) is 0 Å². The van der Waals surface area contributed by atoms with Gasteiger partial charge in [0.05, 0.1) is 18.1 Å². The number of aromatic nitrogens is 3. The zero-order chi connectivity index (χ0) is 15.2. The molecule has 0 aliphatic heterocycles. The number of anilines is 1. The van der Waals surface area contributed by atoms with E-state index in [1.807, 2.05) is 24.3 Å². The number of hydrogen-bond acceptors (Lipinski definition) is 5. The Hall–Kier alpha value is -2.95. The van der Waals surface area contributed by atoms with Crippen molar-refractivity contribution in [1.82, 2.24) is 15.0 Å². The van der Waals surface area contributed by atoms with Crippen LogP contribution in [0.2, 0.25) is 0 Å². The van der Waals surface area contributed by atoms with Gasteiger partial charge in [-0.2, -0.15) is 0 Å². The van der Waals surface area contributed by atoms with Crippen molar-refractivity contribution in [1.29, 1.82) is 0 Å². The second kappa shape index (κ2) is 6.67. The number of pyridine rings is 1. The number of rotatable bonds is 5. The lowest BCUT2D eigenvalue weighted by Crippen LogP contribution is -2.06. The molecule has 0 saturated carbocycles. The molecule has 2 aromatic heterocycles. The number of nitrogens with zero attached hydrogens (tertiary/aromatic N) is 3. The number of hydrogen-bond donors (Lipinski definition) is 2. The molecule has 110 valence electrons. The summed E-state index contributed by atoms with van der Waals surface area (Å²) in [6.45, 7) is 0.789. The Labute approximate surface area is 128 Å². The number of phenolic OH excluding ortho intramolecular Hbond substituents is 1. The summed E-state index contributed by atoms with van der Waals surface area (Å²) in [5.41, 5.74) is 2.93. The molecule has 0 aliphatic rings. The smallest absolute Gasteiger partial charge is 0.144 e. The molecule has 22 heavy (non-hydrogen) atoms. The highest BCUT2D eigenvalue weighted by molar-refractivity contribution is 5.59. The van der Waals surface area contributed by atoms with Crippen molar-refractivity contribution in [3.05, 3.63) is 66.7 Å². The molecular formula is C17H16N4O. The maximum atomic E-state index is 9.29. The summed E-state index contributed by atoms with van der Waals surface area (Å²) in [6, 6.07) is 10.9. The third-order valence-electron chi connectivity index (χ3n) is 3.28. The van der Waals surface area contributed by atoms with E-state index < -0.39 is 0 Å². The summed E-state index contributed by atoms with van der Waals surface area (Å²) < 4.78 is 0. The summed E-state index contributed by atoms with van der Waals surface area (Å²) in [5.74, 6) is 0.989. The normalized spacial score (nSPS) is 10.4. The van der Waals surface area contributed by atoms with Crippen LogP contribution in [0.1, 0.15) is 5.56 Å². The van der Waals surface area contributed by atoms with Crippen molar-refractivity contribution < 1.29 is 5.11 Å². The third kappa shape index (κ3) is 3.58. The largest absolute Gasteiger partial charge is 0.508 e. The van der Waals surface area contributed by atoms with E-state index in [1.54, 1.807) is 36.9 Å². The first-order chi connectivity index (χ1) is 10.8. The van der Waals surface area contributed by atoms with Gasteiger partial charge in [-0.1, -0.05) is 0 Å². The second-order valence-electron chi connectivity index (χ2n) is 4.87. The molecule has 2 N–H and O–H groups in total. The Bertz CT molecular complexity index is 712. The molecule has 2 heterocycles. The van der Waals surface area contributed by atoms with E-state index in [2.05, 4.69) is 20.3 Å². The molecule has 0 amide bonds. The van der Waals surface area contributed by atoms with Gasteiger partial charge in [-0.25, -0.2) is 4.98 Å². The van der Waals surface area contributed by atoms with E-state index >= 15 is 0 Å². The summed E-state index contributed by atoms with van der Waals surface area (Å²) in [7, 11) is 0.